The second kappa shape index (κ2) is 6.02. The van der Waals surface area contributed by atoms with Crippen molar-refractivity contribution in [3.05, 3.63) is 59.4 Å². The maximum absolute atomic E-state index is 11.8. The fraction of sp³-hybridized carbons (Fsp3) is 0.214. The van der Waals surface area contributed by atoms with Crippen molar-refractivity contribution >= 4 is 5.91 Å². The molecule has 0 aliphatic carbocycles. The van der Waals surface area contributed by atoms with E-state index in [2.05, 4.69) is 10.3 Å². The molecule has 18 heavy (non-hydrogen) atoms. The maximum atomic E-state index is 11.8. The summed E-state index contributed by atoms with van der Waals surface area (Å²) in [5.41, 5.74) is 8.39. The molecule has 1 amide bonds. The first kappa shape index (κ1) is 12.4. The highest BCUT2D eigenvalue weighted by Crippen LogP contribution is 2.04. The Morgan fingerprint density at radius 1 is 1.17 bits per heavy atom. The zero-order chi connectivity index (χ0) is 12.8. The molecule has 0 fully saturated rings. The Bertz CT molecular complexity index is 488. The first-order valence-electron chi connectivity index (χ1n) is 5.98. The van der Waals surface area contributed by atoms with Crippen LogP contribution in [0.3, 0.4) is 0 Å². The van der Waals surface area contributed by atoms with Crippen LogP contribution in [0.2, 0.25) is 0 Å². The number of rotatable bonds is 5. The van der Waals surface area contributed by atoms with Crippen molar-refractivity contribution in [1.29, 1.82) is 0 Å². The summed E-state index contributed by atoms with van der Waals surface area (Å²) in [6.45, 7) is 1.13. The van der Waals surface area contributed by atoms with Crippen LogP contribution in [-0.2, 0) is 13.0 Å². The summed E-state index contributed by atoms with van der Waals surface area (Å²) in [6, 6.07) is 9.35. The van der Waals surface area contributed by atoms with Crippen molar-refractivity contribution in [2.24, 2.45) is 5.73 Å². The van der Waals surface area contributed by atoms with Crippen LogP contribution in [0.15, 0.2) is 42.7 Å². The van der Waals surface area contributed by atoms with E-state index >= 15 is 0 Å². The van der Waals surface area contributed by atoms with Crippen molar-refractivity contribution in [3.8, 4) is 0 Å². The van der Waals surface area contributed by atoms with E-state index in [4.69, 9.17) is 5.73 Å². The van der Waals surface area contributed by atoms with Crippen LogP contribution in [0, 0.1) is 0 Å². The van der Waals surface area contributed by atoms with Crippen LogP contribution < -0.4 is 11.1 Å². The minimum absolute atomic E-state index is 0.0471. The van der Waals surface area contributed by atoms with Gasteiger partial charge in [0.15, 0.2) is 0 Å². The molecule has 0 spiro atoms. The molecule has 1 heterocycles. The lowest BCUT2D eigenvalue weighted by Crippen LogP contribution is -2.25. The smallest absolute Gasteiger partial charge is 0.251 e. The van der Waals surface area contributed by atoms with E-state index in [9.17, 15) is 4.79 Å². The molecule has 0 radical (unpaired) electrons. The molecular weight excluding hydrogens is 226 g/mol. The van der Waals surface area contributed by atoms with Gasteiger partial charge in [0.1, 0.15) is 0 Å². The minimum Gasteiger partial charge on any atom is -0.367 e. The third-order valence-corrected chi connectivity index (χ3v) is 2.81. The summed E-state index contributed by atoms with van der Waals surface area (Å²) in [5, 5.41) is 2.89. The number of aromatic nitrogens is 1. The van der Waals surface area contributed by atoms with E-state index in [1.165, 1.54) is 5.56 Å². The van der Waals surface area contributed by atoms with E-state index in [0.29, 0.717) is 18.7 Å². The average Bonchev–Trinajstić information content (AvgIpc) is 2.92. The van der Waals surface area contributed by atoms with Crippen molar-refractivity contribution in [2.45, 2.75) is 13.0 Å². The van der Waals surface area contributed by atoms with Crippen molar-refractivity contribution in [3.63, 3.8) is 0 Å². The van der Waals surface area contributed by atoms with Gasteiger partial charge in [-0.3, -0.25) is 4.79 Å². The van der Waals surface area contributed by atoms with E-state index in [0.717, 1.165) is 12.0 Å². The first-order chi connectivity index (χ1) is 8.79. The lowest BCUT2D eigenvalue weighted by Gasteiger charge is -2.05. The predicted molar refractivity (Wildman–Crippen MR) is 71.2 cm³/mol. The fourth-order valence-electron chi connectivity index (χ4n) is 1.73. The van der Waals surface area contributed by atoms with Crippen molar-refractivity contribution < 1.29 is 4.79 Å². The number of carbonyl (C=O) groups excluding carboxylic acids is 1. The number of hydrogen-bond donors (Lipinski definition) is 3. The van der Waals surface area contributed by atoms with E-state index < -0.39 is 0 Å². The molecule has 4 heteroatoms. The number of nitrogens with two attached hydrogens (primary N) is 1. The highest BCUT2D eigenvalue weighted by atomic mass is 16.1. The van der Waals surface area contributed by atoms with Crippen LogP contribution in [0.1, 0.15) is 21.5 Å². The third-order valence-electron chi connectivity index (χ3n) is 2.81. The number of nitrogens with one attached hydrogen (secondary N) is 2. The Morgan fingerprint density at radius 3 is 2.56 bits per heavy atom. The number of amides is 1. The van der Waals surface area contributed by atoms with Gasteiger partial charge in [-0.15, -0.1) is 0 Å². The van der Waals surface area contributed by atoms with Gasteiger partial charge in [0.25, 0.3) is 5.91 Å². The number of aromatic amines is 1. The standard InChI is InChI=1S/C14H17N3O/c15-9-11-1-3-13(4-2-11)14(18)17-8-6-12-5-7-16-10-12/h1-5,7,10,16H,6,8-9,15H2,(H,17,18). The number of carbonyl (C=O) groups is 1. The Kier molecular flexibility index (Phi) is 4.15. The summed E-state index contributed by atoms with van der Waals surface area (Å²) in [7, 11) is 0. The number of hydrogen-bond acceptors (Lipinski definition) is 2. The number of benzene rings is 1. The monoisotopic (exact) mass is 243 g/mol. The molecule has 1 aromatic heterocycles. The molecule has 0 aliphatic heterocycles. The first-order valence-corrected chi connectivity index (χ1v) is 5.98. The van der Waals surface area contributed by atoms with E-state index in [1.807, 2.05) is 30.6 Å². The highest BCUT2D eigenvalue weighted by Gasteiger charge is 2.04. The third kappa shape index (κ3) is 3.21. The topological polar surface area (TPSA) is 70.9 Å². The van der Waals surface area contributed by atoms with Gasteiger partial charge in [-0.25, -0.2) is 0 Å². The number of H-pyrrole nitrogens is 1. The van der Waals surface area contributed by atoms with Crippen molar-refractivity contribution in [1.82, 2.24) is 10.3 Å². The maximum Gasteiger partial charge on any atom is 0.251 e. The lowest BCUT2D eigenvalue weighted by atomic mass is 10.1. The van der Waals surface area contributed by atoms with Crippen LogP contribution >= 0.6 is 0 Å². The van der Waals surface area contributed by atoms with E-state index in [-0.39, 0.29) is 5.91 Å². The van der Waals surface area contributed by atoms with Gasteiger partial charge in [0.05, 0.1) is 0 Å². The molecule has 2 rings (SSSR count). The Hall–Kier alpha value is -2.07. The Labute approximate surface area is 106 Å². The summed E-state index contributed by atoms with van der Waals surface area (Å²) < 4.78 is 0. The second-order valence-electron chi connectivity index (χ2n) is 4.13. The molecule has 0 aliphatic rings. The molecule has 1 aromatic carbocycles. The van der Waals surface area contributed by atoms with Crippen molar-refractivity contribution in [2.75, 3.05) is 6.54 Å². The predicted octanol–water partition coefficient (Wildman–Crippen LogP) is 1.45. The molecule has 0 atom stereocenters. The summed E-state index contributed by atoms with van der Waals surface area (Å²) in [5.74, 6) is -0.0471. The molecule has 94 valence electrons. The molecule has 2 aromatic rings. The molecule has 0 bridgehead atoms. The lowest BCUT2D eigenvalue weighted by molar-refractivity contribution is 0.0954. The molecule has 0 saturated heterocycles. The minimum atomic E-state index is -0.0471. The molecule has 0 unspecified atom stereocenters. The van der Waals surface area contributed by atoms with Crippen LogP contribution in [0.4, 0.5) is 0 Å². The Balaban J connectivity index is 1.83. The molecule has 4 nitrogen and oxygen atoms in total. The van der Waals surface area contributed by atoms with Gasteiger partial charge in [-0.1, -0.05) is 12.1 Å². The fourth-order valence-corrected chi connectivity index (χ4v) is 1.73. The van der Waals surface area contributed by atoms with Gasteiger partial charge in [0.2, 0.25) is 0 Å². The Morgan fingerprint density at radius 2 is 1.94 bits per heavy atom. The summed E-state index contributed by atoms with van der Waals surface area (Å²) >= 11 is 0. The SMILES string of the molecule is NCc1ccc(C(=O)NCCc2cc[nH]c2)cc1. The quantitative estimate of drug-likeness (QED) is 0.743. The highest BCUT2D eigenvalue weighted by molar-refractivity contribution is 5.94. The van der Waals surface area contributed by atoms with Gasteiger partial charge in [-0.2, -0.15) is 0 Å². The summed E-state index contributed by atoms with van der Waals surface area (Å²) in [6.07, 6.45) is 4.64. The normalized spacial score (nSPS) is 10.3. The van der Waals surface area contributed by atoms with Gasteiger partial charge >= 0.3 is 0 Å². The van der Waals surface area contributed by atoms with Gasteiger partial charge < -0.3 is 16.0 Å². The molecule has 4 N–H and O–H groups in total. The summed E-state index contributed by atoms with van der Waals surface area (Å²) in [4.78, 5) is 14.8. The van der Waals surface area contributed by atoms with Crippen LogP contribution in [0.25, 0.3) is 0 Å². The van der Waals surface area contributed by atoms with Crippen LogP contribution in [0.5, 0.6) is 0 Å². The zero-order valence-corrected chi connectivity index (χ0v) is 10.1. The van der Waals surface area contributed by atoms with Crippen LogP contribution in [-0.4, -0.2) is 17.4 Å². The second-order valence-corrected chi connectivity index (χ2v) is 4.13. The molecular formula is C14H17N3O. The van der Waals surface area contributed by atoms with Gasteiger partial charge in [-0.05, 0) is 35.7 Å². The molecule has 0 saturated carbocycles. The zero-order valence-electron chi connectivity index (χ0n) is 10.1. The average molecular weight is 243 g/mol. The largest absolute Gasteiger partial charge is 0.367 e. The van der Waals surface area contributed by atoms with Gasteiger partial charge in [0, 0.05) is 31.0 Å². The van der Waals surface area contributed by atoms with E-state index in [1.54, 1.807) is 12.1 Å².